The summed E-state index contributed by atoms with van der Waals surface area (Å²) in [6.45, 7) is 6.97. The van der Waals surface area contributed by atoms with E-state index in [4.69, 9.17) is 9.72 Å². The maximum Gasteiger partial charge on any atom is 0.318 e. The van der Waals surface area contributed by atoms with Crippen molar-refractivity contribution in [3.63, 3.8) is 0 Å². The summed E-state index contributed by atoms with van der Waals surface area (Å²) in [5, 5.41) is 3.09. The summed E-state index contributed by atoms with van der Waals surface area (Å²) in [5.74, 6) is 1.47. The highest BCUT2D eigenvalue weighted by Crippen LogP contribution is 2.43. The maximum absolute atomic E-state index is 12.9. The zero-order valence-corrected chi connectivity index (χ0v) is 17.6. The number of amides is 2. The summed E-state index contributed by atoms with van der Waals surface area (Å²) in [6, 6.07) is 4.15. The van der Waals surface area contributed by atoms with Gasteiger partial charge in [-0.15, -0.1) is 0 Å². The first-order valence-electron chi connectivity index (χ1n) is 10.3. The van der Waals surface area contributed by atoms with Gasteiger partial charge in [0.25, 0.3) is 0 Å². The van der Waals surface area contributed by atoms with Gasteiger partial charge in [-0.25, -0.2) is 19.7 Å². The van der Waals surface area contributed by atoms with Crippen LogP contribution in [0.25, 0.3) is 0 Å². The van der Waals surface area contributed by atoms with Gasteiger partial charge in [0, 0.05) is 48.4 Å². The topological polar surface area (TPSA) is 80.2 Å². The van der Waals surface area contributed by atoms with E-state index in [1.54, 1.807) is 13.3 Å². The van der Waals surface area contributed by atoms with Crippen LogP contribution in [0.3, 0.4) is 0 Å². The van der Waals surface area contributed by atoms with E-state index in [-0.39, 0.29) is 23.5 Å². The number of nitrogens with zero attached hydrogens (tertiary/aromatic N) is 4. The van der Waals surface area contributed by atoms with Gasteiger partial charge in [-0.1, -0.05) is 20.8 Å². The first-order valence-corrected chi connectivity index (χ1v) is 10.3. The van der Waals surface area contributed by atoms with E-state index in [2.05, 4.69) is 36.1 Å². The molecule has 4 heterocycles. The summed E-state index contributed by atoms with van der Waals surface area (Å²) >= 11 is 0. The minimum Gasteiger partial charge on any atom is -0.481 e. The number of rotatable bonds is 4. The van der Waals surface area contributed by atoms with E-state index in [9.17, 15) is 4.79 Å². The molecule has 4 rings (SSSR count). The molecule has 0 aliphatic carbocycles. The molecule has 2 atom stereocenters. The van der Waals surface area contributed by atoms with E-state index >= 15 is 0 Å². The van der Waals surface area contributed by atoms with Gasteiger partial charge in [-0.3, -0.25) is 0 Å². The van der Waals surface area contributed by atoms with Crippen LogP contribution in [-0.4, -0.2) is 45.6 Å². The van der Waals surface area contributed by atoms with E-state index in [0.29, 0.717) is 12.4 Å². The summed E-state index contributed by atoms with van der Waals surface area (Å²) in [6.07, 6.45) is 7.21. The number of hydrogen-bond donors (Lipinski definition) is 1. The summed E-state index contributed by atoms with van der Waals surface area (Å²) < 4.78 is 5.16. The van der Waals surface area contributed by atoms with Gasteiger partial charge in [-0.2, -0.15) is 0 Å². The second kappa shape index (κ2) is 7.61. The van der Waals surface area contributed by atoms with Crippen LogP contribution in [-0.2, 0) is 18.3 Å². The van der Waals surface area contributed by atoms with Crippen molar-refractivity contribution in [3.8, 4) is 5.88 Å². The zero-order valence-electron chi connectivity index (χ0n) is 17.6. The Morgan fingerprint density at radius 1 is 1.31 bits per heavy atom. The lowest BCUT2D eigenvalue weighted by Crippen LogP contribution is -2.48. The van der Waals surface area contributed by atoms with Crippen molar-refractivity contribution in [2.45, 2.75) is 64.0 Å². The van der Waals surface area contributed by atoms with E-state index in [1.165, 1.54) is 0 Å². The molecule has 2 aliphatic heterocycles. The maximum atomic E-state index is 12.9. The molecule has 1 fully saturated rings. The zero-order chi connectivity index (χ0) is 20.6. The summed E-state index contributed by atoms with van der Waals surface area (Å²) in [4.78, 5) is 28.5. The van der Waals surface area contributed by atoms with Gasteiger partial charge in [0.1, 0.15) is 5.82 Å². The summed E-state index contributed by atoms with van der Waals surface area (Å²) in [5.41, 5.74) is 3.25. The molecule has 2 amide bonds. The number of pyridine rings is 1. The van der Waals surface area contributed by atoms with E-state index < -0.39 is 0 Å². The van der Waals surface area contributed by atoms with E-state index in [1.807, 2.05) is 23.2 Å². The molecule has 7 nitrogen and oxygen atoms in total. The molecule has 29 heavy (non-hydrogen) atoms. The quantitative estimate of drug-likeness (QED) is 0.860. The third-order valence-electron chi connectivity index (χ3n) is 5.79. The van der Waals surface area contributed by atoms with Gasteiger partial charge >= 0.3 is 6.03 Å². The van der Waals surface area contributed by atoms with Crippen LogP contribution in [0.1, 0.15) is 62.3 Å². The molecule has 0 saturated carbocycles. The third kappa shape index (κ3) is 3.91. The van der Waals surface area contributed by atoms with Crippen LogP contribution >= 0.6 is 0 Å². The highest BCUT2D eigenvalue weighted by atomic mass is 16.5. The Morgan fingerprint density at radius 2 is 2.14 bits per heavy atom. The van der Waals surface area contributed by atoms with Gasteiger partial charge < -0.3 is 15.0 Å². The Balaban J connectivity index is 1.42. The number of methoxy groups -OCH3 is 1. The minimum absolute atomic E-state index is 0.00377. The third-order valence-corrected chi connectivity index (χ3v) is 5.79. The highest BCUT2D eigenvalue weighted by molar-refractivity contribution is 5.76. The number of nitrogens with one attached hydrogen (secondary N) is 1. The number of carbonyl (C=O) groups is 1. The Labute approximate surface area is 171 Å². The van der Waals surface area contributed by atoms with Crippen LogP contribution in [0.15, 0.2) is 24.5 Å². The fraction of sp³-hybridized carbons (Fsp3) is 0.545. The van der Waals surface area contributed by atoms with Gasteiger partial charge in [0.05, 0.1) is 18.8 Å². The van der Waals surface area contributed by atoms with Crippen LogP contribution in [0.4, 0.5) is 4.79 Å². The molecule has 2 aromatic rings. The number of hydrogen-bond acceptors (Lipinski definition) is 5. The highest BCUT2D eigenvalue weighted by Gasteiger charge is 2.43. The Bertz CT molecular complexity index is 908. The predicted molar refractivity (Wildman–Crippen MR) is 110 cm³/mol. The molecular formula is C22H29N5O2. The monoisotopic (exact) mass is 395 g/mol. The minimum atomic E-state index is -0.0712. The van der Waals surface area contributed by atoms with Crippen LogP contribution < -0.4 is 10.1 Å². The first kappa shape index (κ1) is 19.6. The van der Waals surface area contributed by atoms with Crippen molar-refractivity contribution in [2.24, 2.45) is 0 Å². The second-order valence-electron chi connectivity index (χ2n) is 8.89. The number of aromatic nitrogens is 3. The van der Waals surface area contributed by atoms with Crippen molar-refractivity contribution < 1.29 is 9.53 Å². The predicted octanol–water partition coefficient (Wildman–Crippen LogP) is 3.19. The molecule has 2 aliphatic rings. The molecule has 0 aromatic carbocycles. The Kier molecular flexibility index (Phi) is 5.15. The number of urea groups is 1. The van der Waals surface area contributed by atoms with Crippen molar-refractivity contribution in [3.05, 3.63) is 47.2 Å². The molecule has 1 N–H and O–H groups in total. The Morgan fingerprint density at radius 3 is 2.90 bits per heavy atom. The number of carbonyl (C=O) groups excluding carboxylic acids is 1. The van der Waals surface area contributed by atoms with Crippen LogP contribution in [0, 0.1) is 0 Å². The average molecular weight is 396 g/mol. The van der Waals surface area contributed by atoms with Crippen LogP contribution in [0.2, 0.25) is 0 Å². The molecule has 0 radical (unpaired) electrons. The average Bonchev–Trinajstić information content (AvgIpc) is 3.02. The van der Waals surface area contributed by atoms with Gasteiger partial charge in [-0.05, 0) is 30.9 Å². The lowest BCUT2D eigenvalue weighted by Gasteiger charge is -2.36. The SMILES string of the molecule is COc1cc(CCNC(=O)N2C3CCC2c2cnc(C(C)(C)C)nc2C3)ccn1. The summed E-state index contributed by atoms with van der Waals surface area (Å²) in [7, 11) is 1.60. The fourth-order valence-corrected chi connectivity index (χ4v) is 4.27. The number of ether oxygens (including phenoxy) is 1. The lowest BCUT2D eigenvalue weighted by molar-refractivity contribution is 0.165. The molecule has 0 spiro atoms. The standard InChI is InChI=1S/C22H29N5O2/c1-22(2,3)20-25-13-16-17(26-20)12-15-5-6-18(16)27(15)21(28)24-10-8-14-7-9-23-19(11-14)29-4/h7,9,11,13,15,18H,5-6,8,10,12H2,1-4H3,(H,24,28). The van der Waals surface area contributed by atoms with Crippen LogP contribution in [0.5, 0.6) is 5.88 Å². The number of fused-ring (bicyclic) bond motifs is 4. The van der Waals surface area contributed by atoms with Crippen molar-refractivity contribution >= 4 is 6.03 Å². The fourth-order valence-electron chi connectivity index (χ4n) is 4.27. The molecule has 154 valence electrons. The van der Waals surface area contributed by atoms with Crippen molar-refractivity contribution in [1.82, 2.24) is 25.2 Å². The molecule has 2 bridgehead atoms. The molecule has 1 saturated heterocycles. The van der Waals surface area contributed by atoms with Gasteiger partial charge in [0.15, 0.2) is 0 Å². The Hall–Kier alpha value is -2.70. The molecule has 7 heteroatoms. The normalized spacial score (nSPS) is 20.3. The van der Waals surface area contributed by atoms with Crippen molar-refractivity contribution in [2.75, 3.05) is 13.7 Å². The molecule has 2 aromatic heterocycles. The molecular weight excluding hydrogens is 366 g/mol. The lowest BCUT2D eigenvalue weighted by atomic mass is 9.93. The smallest absolute Gasteiger partial charge is 0.318 e. The molecule has 2 unspecified atom stereocenters. The van der Waals surface area contributed by atoms with Gasteiger partial charge in [0.2, 0.25) is 5.88 Å². The first-order chi connectivity index (χ1) is 13.9. The largest absolute Gasteiger partial charge is 0.481 e. The second-order valence-corrected chi connectivity index (χ2v) is 8.89. The van der Waals surface area contributed by atoms with E-state index in [0.717, 1.165) is 48.3 Å². The van der Waals surface area contributed by atoms with Crippen molar-refractivity contribution in [1.29, 1.82) is 0 Å².